The highest BCUT2D eigenvalue weighted by Gasteiger charge is 2.03. The van der Waals surface area contributed by atoms with E-state index in [0.29, 0.717) is 6.61 Å². The number of benzene rings is 1. The smallest absolute Gasteiger partial charge is 0.302 e. The van der Waals surface area contributed by atoms with Crippen molar-refractivity contribution in [1.29, 1.82) is 0 Å². The van der Waals surface area contributed by atoms with E-state index in [4.69, 9.17) is 4.74 Å². The number of esters is 1. The van der Waals surface area contributed by atoms with E-state index < -0.39 is 0 Å². The fourth-order valence-electron chi connectivity index (χ4n) is 1.18. The maximum absolute atomic E-state index is 10.6. The molecule has 0 heterocycles. The zero-order valence-electron chi connectivity index (χ0n) is 8.56. The summed E-state index contributed by atoms with van der Waals surface area (Å²) in [7, 11) is 0. The highest BCUT2D eigenvalue weighted by molar-refractivity contribution is 9.10. The Hall–Kier alpha value is -0.830. The third-order valence-electron chi connectivity index (χ3n) is 2.05. The van der Waals surface area contributed by atoms with E-state index in [1.807, 2.05) is 26.0 Å². The molecule has 14 heavy (non-hydrogen) atoms. The summed E-state index contributed by atoms with van der Waals surface area (Å²) in [6, 6.07) is 4.07. The van der Waals surface area contributed by atoms with Crippen molar-refractivity contribution in [3.8, 4) is 0 Å². The van der Waals surface area contributed by atoms with Crippen molar-refractivity contribution in [2.75, 3.05) is 0 Å². The topological polar surface area (TPSA) is 26.3 Å². The molecule has 0 unspecified atom stereocenters. The van der Waals surface area contributed by atoms with Crippen LogP contribution >= 0.6 is 15.9 Å². The fraction of sp³-hybridized carbons (Fsp3) is 0.364. The van der Waals surface area contributed by atoms with Crippen molar-refractivity contribution in [2.24, 2.45) is 0 Å². The van der Waals surface area contributed by atoms with E-state index in [-0.39, 0.29) is 5.97 Å². The monoisotopic (exact) mass is 256 g/mol. The first-order valence-electron chi connectivity index (χ1n) is 4.39. The number of aryl methyl sites for hydroxylation is 2. The first kappa shape index (κ1) is 11.2. The van der Waals surface area contributed by atoms with Crippen LogP contribution in [0.2, 0.25) is 0 Å². The van der Waals surface area contributed by atoms with Gasteiger partial charge < -0.3 is 4.74 Å². The predicted octanol–water partition coefficient (Wildman–Crippen LogP) is 3.13. The highest BCUT2D eigenvalue weighted by atomic mass is 79.9. The molecule has 0 fully saturated rings. The lowest BCUT2D eigenvalue weighted by Gasteiger charge is -2.08. The number of ether oxygens (including phenoxy) is 1. The molecular formula is C11H13BrO2. The molecule has 0 aliphatic carbocycles. The molecule has 0 N–H and O–H groups in total. The second-order valence-corrected chi connectivity index (χ2v) is 4.16. The van der Waals surface area contributed by atoms with Gasteiger partial charge >= 0.3 is 5.97 Å². The third-order valence-corrected chi connectivity index (χ3v) is 2.90. The van der Waals surface area contributed by atoms with Crippen LogP contribution in [0.15, 0.2) is 16.6 Å². The predicted molar refractivity (Wildman–Crippen MR) is 59.1 cm³/mol. The van der Waals surface area contributed by atoms with Crippen molar-refractivity contribution >= 4 is 21.9 Å². The maximum Gasteiger partial charge on any atom is 0.302 e. The number of hydrogen-bond acceptors (Lipinski definition) is 2. The minimum Gasteiger partial charge on any atom is -0.461 e. The summed E-state index contributed by atoms with van der Waals surface area (Å²) in [6.45, 7) is 5.79. The van der Waals surface area contributed by atoms with Gasteiger partial charge in [-0.15, -0.1) is 0 Å². The van der Waals surface area contributed by atoms with Crippen LogP contribution in [-0.2, 0) is 16.1 Å². The summed E-state index contributed by atoms with van der Waals surface area (Å²) < 4.78 is 6.03. The zero-order valence-corrected chi connectivity index (χ0v) is 10.1. The Bertz CT molecular complexity index is 359. The van der Waals surface area contributed by atoms with Gasteiger partial charge in [-0.3, -0.25) is 4.79 Å². The molecule has 1 rings (SSSR count). The van der Waals surface area contributed by atoms with Crippen molar-refractivity contribution < 1.29 is 9.53 Å². The largest absolute Gasteiger partial charge is 0.461 e. The van der Waals surface area contributed by atoms with E-state index in [2.05, 4.69) is 15.9 Å². The highest BCUT2D eigenvalue weighted by Crippen LogP contribution is 2.21. The summed E-state index contributed by atoms with van der Waals surface area (Å²) >= 11 is 3.45. The second kappa shape index (κ2) is 4.60. The molecule has 0 saturated heterocycles. The zero-order chi connectivity index (χ0) is 10.7. The number of carbonyl (C=O) groups is 1. The summed E-state index contributed by atoms with van der Waals surface area (Å²) in [5.41, 5.74) is 3.34. The van der Waals surface area contributed by atoms with Gasteiger partial charge in [0.25, 0.3) is 0 Å². The molecular weight excluding hydrogens is 244 g/mol. The van der Waals surface area contributed by atoms with Gasteiger partial charge in [-0.2, -0.15) is 0 Å². The van der Waals surface area contributed by atoms with Crippen molar-refractivity contribution in [1.82, 2.24) is 0 Å². The normalized spacial score (nSPS) is 10.0. The molecule has 0 aliphatic heterocycles. The molecule has 2 nitrogen and oxygen atoms in total. The molecule has 0 spiro atoms. The first-order chi connectivity index (χ1) is 6.50. The molecule has 0 aliphatic rings. The van der Waals surface area contributed by atoms with Crippen LogP contribution in [0.3, 0.4) is 0 Å². The molecule has 76 valence electrons. The summed E-state index contributed by atoms with van der Waals surface area (Å²) in [4.78, 5) is 10.6. The average Bonchev–Trinajstić information content (AvgIpc) is 2.09. The van der Waals surface area contributed by atoms with E-state index in [1.165, 1.54) is 6.92 Å². The summed E-state index contributed by atoms with van der Waals surface area (Å²) in [5.74, 6) is -0.245. The lowest BCUT2D eigenvalue weighted by Crippen LogP contribution is -2.01. The molecule has 1 aromatic carbocycles. The molecule has 3 heteroatoms. The third kappa shape index (κ3) is 2.84. The quantitative estimate of drug-likeness (QED) is 0.761. The van der Waals surface area contributed by atoms with Gasteiger partial charge in [-0.1, -0.05) is 22.0 Å². The Balaban J connectivity index is 2.87. The minimum atomic E-state index is -0.245. The molecule has 0 radical (unpaired) electrons. The van der Waals surface area contributed by atoms with Crippen LogP contribution in [0, 0.1) is 13.8 Å². The van der Waals surface area contributed by atoms with Gasteiger partial charge in [-0.05, 0) is 36.6 Å². The van der Waals surface area contributed by atoms with Crippen molar-refractivity contribution in [3.05, 3.63) is 33.3 Å². The Morgan fingerprint density at radius 3 is 2.57 bits per heavy atom. The Kier molecular flexibility index (Phi) is 3.69. The Morgan fingerprint density at radius 2 is 2.00 bits per heavy atom. The molecule has 0 atom stereocenters. The van der Waals surface area contributed by atoms with Crippen molar-refractivity contribution in [2.45, 2.75) is 27.4 Å². The van der Waals surface area contributed by atoms with Crippen LogP contribution in [0.5, 0.6) is 0 Å². The van der Waals surface area contributed by atoms with Crippen LogP contribution < -0.4 is 0 Å². The number of rotatable bonds is 2. The fourth-order valence-corrected chi connectivity index (χ4v) is 1.63. The molecule has 0 bridgehead atoms. The Morgan fingerprint density at radius 1 is 1.36 bits per heavy atom. The number of halogens is 1. The molecule has 0 aromatic heterocycles. The van der Waals surface area contributed by atoms with Crippen LogP contribution in [0.1, 0.15) is 23.6 Å². The Labute approximate surface area is 92.4 Å². The molecule has 0 saturated carbocycles. The van der Waals surface area contributed by atoms with E-state index in [9.17, 15) is 4.79 Å². The van der Waals surface area contributed by atoms with Crippen LogP contribution in [0.25, 0.3) is 0 Å². The van der Waals surface area contributed by atoms with E-state index in [1.54, 1.807) is 0 Å². The van der Waals surface area contributed by atoms with E-state index in [0.717, 1.165) is 21.2 Å². The summed E-state index contributed by atoms with van der Waals surface area (Å²) in [6.07, 6.45) is 0. The second-order valence-electron chi connectivity index (χ2n) is 3.31. The van der Waals surface area contributed by atoms with Gasteiger partial charge in [-0.25, -0.2) is 0 Å². The van der Waals surface area contributed by atoms with Gasteiger partial charge in [0.2, 0.25) is 0 Å². The van der Waals surface area contributed by atoms with Crippen LogP contribution in [-0.4, -0.2) is 5.97 Å². The number of carbonyl (C=O) groups excluding carboxylic acids is 1. The lowest BCUT2D eigenvalue weighted by molar-refractivity contribution is -0.142. The van der Waals surface area contributed by atoms with Crippen LogP contribution in [0.4, 0.5) is 0 Å². The molecule has 0 amide bonds. The van der Waals surface area contributed by atoms with Gasteiger partial charge in [0, 0.05) is 11.4 Å². The maximum atomic E-state index is 10.6. The molecule has 1 aromatic rings. The standard InChI is InChI=1S/C11H13BrO2/c1-7-5-11(12)8(2)4-10(7)6-14-9(3)13/h4-5H,6H2,1-3H3. The van der Waals surface area contributed by atoms with Crippen molar-refractivity contribution in [3.63, 3.8) is 0 Å². The SMILES string of the molecule is CC(=O)OCc1cc(C)c(Br)cc1C. The van der Waals surface area contributed by atoms with Gasteiger partial charge in [0.15, 0.2) is 0 Å². The van der Waals surface area contributed by atoms with Gasteiger partial charge in [0.05, 0.1) is 0 Å². The first-order valence-corrected chi connectivity index (χ1v) is 5.19. The van der Waals surface area contributed by atoms with E-state index >= 15 is 0 Å². The number of hydrogen-bond donors (Lipinski definition) is 0. The average molecular weight is 257 g/mol. The summed E-state index contributed by atoms with van der Waals surface area (Å²) in [5, 5.41) is 0. The minimum absolute atomic E-state index is 0.245. The lowest BCUT2D eigenvalue weighted by atomic mass is 10.1. The van der Waals surface area contributed by atoms with Gasteiger partial charge in [0.1, 0.15) is 6.61 Å².